The van der Waals surface area contributed by atoms with Crippen molar-refractivity contribution in [2.75, 3.05) is 0 Å². The molecule has 1 aliphatic heterocycles. The molecule has 1 nitrogen and oxygen atoms in total. The molecule has 0 unspecified atom stereocenters. The predicted molar refractivity (Wildman–Crippen MR) is 41.6 cm³/mol. The van der Waals surface area contributed by atoms with Crippen molar-refractivity contribution in [2.24, 2.45) is 0 Å². The number of hydrogen-bond acceptors (Lipinski definition) is 3. The highest BCUT2D eigenvalue weighted by Gasteiger charge is 1.85. The molecule has 8 heavy (non-hydrogen) atoms. The molecule has 1 aliphatic rings. The lowest BCUT2D eigenvalue weighted by atomic mass is 10.4. The van der Waals surface area contributed by atoms with Crippen molar-refractivity contribution in [1.29, 1.82) is 0 Å². The molecule has 0 spiro atoms. The molecular formula is C5H5NS2. The van der Waals surface area contributed by atoms with Gasteiger partial charge in [0.15, 0.2) is 0 Å². The first-order valence-electron chi connectivity index (χ1n) is 2.18. The Morgan fingerprint density at radius 1 is 1.50 bits per heavy atom. The van der Waals surface area contributed by atoms with Gasteiger partial charge in [0, 0.05) is 11.1 Å². The van der Waals surface area contributed by atoms with Gasteiger partial charge in [-0.2, -0.15) is 0 Å². The SMILES string of the molecule is S=C1C=CNSC=C1. The molecule has 1 heterocycles. The molecule has 1 N–H and O–H groups in total. The maximum Gasteiger partial charge on any atom is 0.0397 e. The van der Waals surface area contributed by atoms with E-state index in [2.05, 4.69) is 4.72 Å². The molecular weight excluding hydrogens is 138 g/mol. The molecule has 0 saturated heterocycles. The Morgan fingerprint density at radius 3 is 3.25 bits per heavy atom. The van der Waals surface area contributed by atoms with E-state index in [1.54, 1.807) is 0 Å². The third kappa shape index (κ3) is 1.68. The highest BCUT2D eigenvalue weighted by molar-refractivity contribution is 8.00. The van der Waals surface area contributed by atoms with Crippen LogP contribution in [0.25, 0.3) is 0 Å². The standard InChI is InChI=1S/C5H5NS2/c7-5-1-3-6-8-4-2-5/h1-4,6H. The second-order valence-corrected chi connectivity index (χ2v) is 2.49. The minimum atomic E-state index is 0.863. The normalized spacial score (nSPS) is 17.8. The highest BCUT2D eigenvalue weighted by atomic mass is 32.2. The average Bonchev–Trinajstić information content (AvgIpc) is 1.94. The Kier molecular flexibility index (Phi) is 2.11. The molecule has 42 valence electrons. The van der Waals surface area contributed by atoms with Crippen molar-refractivity contribution < 1.29 is 0 Å². The summed E-state index contributed by atoms with van der Waals surface area (Å²) in [5.41, 5.74) is 0. The summed E-state index contributed by atoms with van der Waals surface area (Å²) in [6.45, 7) is 0. The van der Waals surface area contributed by atoms with Crippen molar-refractivity contribution >= 4 is 29.0 Å². The van der Waals surface area contributed by atoms with Gasteiger partial charge < -0.3 is 4.72 Å². The van der Waals surface area contributed by atoms with E-state index in [1.165, 1.54) is 11.9 Å². The van der Waals surface area contributed by atoms with Crippen LogP contribution in [0.3, 0.4) is 0 Å². The zero-order chi connectivity index (χ0) is 5.82. The van der Waals surface area contributed by atoms with Crippen LogP contribution < -0.4 is 4.72 Å². The summed E-state index contributed by atoms with van der Waals surface area (Å²) in [5, 5.41) is 1.92. The molecule has 1 rings (SSSR count). The smallest absolute Gasteiger partial charge is 0.0397 e. The maximum atomic E-state index is 4.87. The van der Waals surface area contributed by atoms with Crippen molar-refractivity contribution in [1.82, 2.24) is 4.72 Å². The van der Waals surface area contributed by atoms with Gasteiger partial charge in [0.05, 0.1) is 0 Å². The number of hydrogen-bond donors (Lipinski definition) is 1. The first kappa shape index (κ1) is 5.85. The number of thiocarbonyl (C=S) groups is 1. The minimum absolute atomic E-state index is 0.863. The molecule has 0 fully saturated rings. The monoisotopic (exact) mass is 143 g/mol. The molecule has 0 aromatic rings. The third-order valence-electron chi connectivity index (χ3n) is 0.684. The predicted octanol–water partition coefficient (Wildman–Crippen LogP) is 1.64. The second-order valence-electron chi connectivity index (χ2n) is 1.27. The molecule has 0 atom stereocenters. The van der Waals surface area contributed by atoms with E-state index in [0.29, 0.717) is 0 Å². The van der Waals surface area contributed by atoms with Crippen LogP contribution in [-0.2, 0) is 0 Å². The first-order valence-corrected chi connectivity index (χ1v) is 3.46. The molecule has 0 aliphatic carbocycles. The van der Waals surface area contributed by atoms with Gasteiger partial charge in [0.2, 0.25) is 0 Å². The Morgan fingerprint density at radius 2 is 2.38 bits per heavy atom. The van der Waals surface area contributed by atoms with E-state index in [1.807, 2.05) is 23.8 Å². The maximum absolute atomic E-state index is 4.87. The molecule has 3 heteroatoms. The van der Waals surface area contributed by atoms with Crippen LogP contribution in [0.1, 0.15) is 0 Å². The Balaban J connectivity index is 2.64. The first-order chi connectivity index (χ1) is 3.89. The topological polar surface area (TPSA) is 12.0 Å². The van der Waals surface area contributed by atoms with Gasteiger partial charge in [-0.15, -0.1) is 0 Å². The van der Waals surface area contributed by atoms with Crippen LogP contribution in [0, 0.1) is 0 Å². The van der Waals surface area contributed by atoms with E-state index in [0.717, 1.165) is 4.86 Å². The number of rotatable bonds is 0. The van der Waals surface area contributed by atoms with E-state index in [9.17, 15) is 0 Å². The molecule has 0 amide bonds. The Labute approximate surface area is 58.0 Å². The minimum Gasteiger partial charge on any atom is -0.333 e. The molecule has 0 radical (unpaired) electrons. The van der Waals surface area contributed by atoms with E-state index in [-0.39, 0.29) is 0 Å². The second kappa shape index (κ2) is 2.89. The van der Waals surface area contributed by atoms with Gasteiger partial charge in [-0.25, -0.2) is 0 Å². The largest absolute Gasteiger partial charge is 0.333 e. The fraction of sp³-hybridized carbons (Fsp3) is 0. The lowest BCUT2D eigenvalue weighted by Gasteiger charge is -1.83. The van der Waals surface area contributed by atoms with Crippen LogP contribution in [0.2, 0.25) is 0 Å². The van der Waals surface area contributed by atoms with Crippen LogP contribution in [0.5, 0.6) is 0 Å². The summed E-state index contributed by atoms with van der Waals surface area (Å²) >= 11 is 6.38. The van der Waals surface area contributed by atoms with Gasteiger partial charge in [-0.05, 0) is 29.5 Å². The Hall–Kier alpha value is -0.280. The van der Waals surface area contributed by atoms with Crippen molar-refractivity contribution in [3.05, 3.63) is 23.8 Å². The summed E-state index contributed by atoms with van der Waals surface area (Å²) in [4.78, 5) is 0.863. The van der Waals surface area contributed by atoms with Crippen molar-refractivity contribution in [3.8, 4) is 0 Å². The highest BCUT2D eigenvalue weighted by Crippen LogP contribution is 2.00. The van der Waals surface area contributed by atoms with Crippen molar-refractivity contribution in [3.63, 3.8) is 0 Å². The van der Waals surface area contributed by atoms with Crippen LogP contribution in [-0.4, -0.2) is 4.86 Å². The zero-order valence-electron chi connectivity index (χ0n) is 4.13. The van der Waals surface area contributed by atoms with Crippen LogP contribution >= 0.6 is 24.2 Å². The lowest BCUT2D eigenvalue weighted by Crippen LogP contribution is -1.85. The lowest BCUT2D eigenvalue weighted by molar-refractivity contribution is 1.44. The zero-order valence-corrected chi connectivity index (χ0v) is 5.76. The van der Waals surface area contributed by atoms with Crippen LogP contribution in [0.4, 0.5) is 0 Å². The van der Waals surface area contributed by atoms with Crippen LogP contribution in [0.15, 0.2) is 23.8 Å². The van der Waals surface area contributed by atoms with Gasteiger partial charge >= 0.3 is 0 Å². The van der Waals surface area contributed by atoms with E-state index < -0.39 is 0 Å². The molecule has 0 aromatic carbocycles. The number of allylic oxidation sites excluding steroid dienone is 2. The average molecular weight is 143 g/mol. The quantitative estimate of drug-likeness (QED) is 0.409. The molecule has 0 bridgehead atoms. The van der Waals surface area contributed by atoms with E-state index in [4.69, 9.17) is 12.2 Å². The fourth-order valence-corrected chi connectivity index (χ4v) is 1.01. The third-order valence-corrected chi connectivity index (χ3v) is 1.50. The van der Waals surface area contributed by atoms with Crippen molar-refractivity contribution in [2.45, 2.75) is 0 Å². The van der Waals surface area contributed by atoms with Gasteiger partial charge in [-0.1, -0.05) is 12.2 Å². The molecule has 0 saturated carbocycles. The summed E-state index contributed by atoms with van der Waals surface area (Å²) in [6, 6.07) is 0. The summed E-state index contributed by atoms with van der Waals surface area (Å²) in [7, 11) is 0. The summed E-state index contributed by atoms with van der Waals surface area (Å²) in [6.07, 6.45) is 5.56. The van der Waals surface area contributed by atoms with Gasteiger partial charge in [0.1, 0.15) is 0 Å². The Bertz CT molecular complexity index is 133. The van der Waals surface area contributed by atoms with Gasteiger partial charge in [0.25, 0.3) is 0 Å². The van der Waals surface area contributed by atoms with E-state index >= 15 is 0 Å². The van der Waals surface area contributed by atoms with Gasteiger partial charge in [-0.3, -0.25) is 0 Å². The summed E-state index contributed by atoms with van der Waals surface area (Å²) < 4.78 is 2.94. The summed E-state index contributed by atoms with van der Waals surface area (Å²) in [5.74, 6) is 0. The fourth-order valence-electron chi connectivity index (χ4n) is 0.351. The molecule has 0 aromatic heterocycles. The number of nitrogens with one attached hydrogen (secondary N) is 1.